The maximum Gasteiger partial charge on any atom is 0.300 e. The van der Waals surface area contributed by atoms with Gasteiger partial charge in [-0.15, -0.1) is 0 Å². The van der Waals surface area contributed by atoms with Crippen molar-refractivity contribution in [2.24, 2.45) is 5.73 Å². The number of carboxylic acid groups (broad SMARTS) is 2. The molecule has 0 rings (SSSR count). The number of hydrogen-bond acceptors (Lipinski definition) is 5. The first-order valence-corrected chi connectivity index (χ1v) is 13.3. The predicted molar refractivity (Wildman–Crippen MR) is 141 cm³/mol. The van der Waals surface area contributed by atoms with Gasteiger partial charge in [0.05, 0.1) is 0 Å². The Kier molecular flexibility index (Phi) is 36.4. The van der Waals surface area contributed by atoms with Crippen molar-refractivity contribution >= 4 is 17.8 Å². The van der Waals surface area contributed by atoms with Crippen LogP contribution in [0.5, 0.6) is 0 Å². The third kappa shape index (κ3) is 52.3. The molecular formula is C26H55N3O5. The molecule has 204 valence electrons. The fourth-order valence-corrected chi connectivity index (χ4v) is 3.26. The lowest BCUT2D eigenvalue weighted by Gasteiger charge is -2.06. The van der Waals surface area contributed by atoms with Crippen molar-refractivity contribution < 1.29 is 24.6 Å². The molecule has 0 unspecified atom stereocenters. The van der Waals surface area contributed by atoms with Crippen LogP contribution in [0.3, 0.4) is 0 Å². The van der Waals surface area contributed by atoms with Crippen LogP contribution in [0.2, 0.25) is 0 Å². The van der Waals surface area contributed by atoms with Crippen molar-refractivity contribution in [2.45, 2.75) is 124 Å². The van der Waals surface area contributed by atoms with Crippen LogP contribution in [-0.2, 0) is 14.4 Å². The van der Waals surface area contributed by atoms with Gasteiger partial charge >= 0.3 is 0 Å². The van der Waals surface area contributed by atoms with E-state index in [9.17, 15) is 4.79 Å². The minimum atomic E-state index is -0.833. The molecule has 34 heavy (non-hydrogen) atoms. The largest absolute Gasteiger partial charge is 0.481 e. The van der Waals surface area contributed by atoms with Gasteiger partial charge < -0.3 is 26.6 Å². The van der Waals surface area contributed by atoms with Crippen LogP contribution in [0.25, 0.3) is 0 Å². The van der Waals surface area contributed by atoms with Gasteiger partial charge in [0.25, 0.3) is 11.9 Å². The molecule has 8 heteroatoms. The summed E-state index contributed by atoms with van der Waals surface area (Å²) in [6.45, 7) is 7.42. The lowest BCUT2D eigenvalue weighted by atomic mass is 10.0. The number of unbranched alkanes of at least 4 members (excludes halogenated alkanes) is 14. The number of carboxylic acids is 2. The molecule has 0 aromatic rings. The van der Waals surface area contributed by atoms with Gasteiger partial charge in [0.2, 0.25) is 5.91 Å². The van der Waals surface area contributed by atoms with E-state index in [1.165, 1.54) is 89.9 Å². The zero-order valence-corrected chi connectivity index (χ0v) is 22.3. The molecule has 6 N–H and O–H groups in total. The molecule has 0 bridgehead atoms. The van der Waals surface area contributed by atoms with Crippen molar-refractivity contribution in [3.63, 3.8) is 0 Å². The molecule has 0 fully saturated rings. The average molecular weight is 490 g/mol. The van der Waals surface area contributed by atoms with Gasteiger partial charge in [-0.2, -0.15) is 0 Å². The summed E-state index contributed by atoms with van der Waals surface area (Å²) in [5.74, 6) is -1.48. The zero-order valence-electron chi connectivity index (χ0n) is 22.3. The fraction of sp³-hybridized carbons (Fsp3) is 0.885. The number of nitrogens with two attached hydrogens (primary N) is 1. The quantitative estimate of drug-likeness (QED) is 0.141. The standard InChI is InChI=1S/C22H47N3O.2C2H4O2/c1-2-3-4-5-6-7-8-9-10-11-12-13-14-15-16-17-22(26)25-21-20-24-19-18-23;2*1-2(3)4/h24H,2-21,23H2,1H3,(H,25,26);2*1H3,(H,3,4). The van der Waals surface area contributed by atoms with Crippen LogP contribution in [0.15, 0.2) is 0 Å². The molecule has 0 heterocycles. The molecule has 0 saturated heterocycles. The van der Waals surface area contributed by atoms with E-state index >= 15 is 0 Å². The lowest BCUT2D eigenvalue weighted by molar-refractivity contribution is -0.135. The number of aliphatic carboxylic acids is 2. The predicted octanol–water partition coefficient (Wildman–Crippen LogP) is 5.09. The van der Waals surface area contributed by atoms with Gasteiger partial charge in [0.15, 0.2) is 0 Å². The van der Waals surface area contributed by atoms with Crippen LogP contribution in [-0.4, -0.2) is 54.2 Å². The topological polar surface area (TPSA) is 142 Å². The Balaban J connectivity index is -0.00000103. The van der Waals surface area contributed by atoms with Gasteiger partial charge in [-0.05, 0) is 6.42 Å². The second-order valence-electron chi connectivity index (χ2n) is 8.63. The first-order valence-electron chi connectivity index (χ1n) is 13.3. The highest BCUT2D eigenvalue weighted by Gasteiger charge is 2.00. The van der Waals surface area contributed by atoms with Gasteiger partial charge in [-0.1, -0.05) is 96.8 Å². The van der Waals surface area contributed by atoms with Crippen molar-refractivity contribution in [1.29, 1.82) is 0 Å². The summed E-state index contributed by atoms with van der Waals surface area (Å²) in [4.78, 5) is 29.6. The lowest BCUT2D eigenvalue weighted by Crippen LogP contribution is -2.33. The molecule has 0 saturated carbocycles. The molecular weight excluding hydrogens is 434 g/mol. The molecule has 0 aliphatic heterocycles. The van der Waals surface area contributed by atoms with Crippen LogP contribution in [0.1, 0.15) is 124 Å². The Morgan fingerprint density at radius 1 is 0.618 bits per heavy atom. The number of amides is 1. The van der Waals surface area contributed by atoms with E-state index in [0.717, 1.165) is 33.4 Å². The number of hydrogen-bond donors (Lipinski definition) is 5. The molecule has 0 atom stereocenters. The number of rotatable bonds is 21. The molecule has 0 aliphatic rings. The van der Waals surface area contributed by atoms with E-state index in [4.69, 9.17) is 25.5 Å². The van der Waals surface area contributed by atoms with Crippen LogP contribution in [0.4, 0.5) is 0 Å². The van der Waals surface area contributed by atoms with E-state index in [1.807, 2.05) is 0 Å². The van der Waals surface area contributed by atoms with Gasteiger partial charge in [-0.25, -0.2) is 0 Å². The zero-order chi connectivity index (χ0) is 26.3. The highest BCUT2D eigenvalue weighted by molar-refractivity contribution is 5.75. The van der Waals surface area contributed by atoms with Gasteiger partial charge in [0.1, 0.15) is 0 Å². The summed E-state index contributed by atoms with van der Waals surface area (Å²) in [6, 6.07) is 0. The van der Waals surface area contributed by atoms with Gasteiger partial charge in [0, 0.05) is 46.4 Å². The summed E-state index contributed by atoms with van der Waals surface area (Å²) >= 11 is 0. The third-order valence-corrected chi connectivity index (χ3v) is 4.95. The Morgan fingerprint density at radius 3 is 1.32 bits per heavy atom. The normalized spacial score (nSPS) is 9.88. The van der Waals surface area contributed by atoms with Crippen molar-refractivity contribution in [1.82, 2.24) is 10.6 Å². The minimum absolute atomic E-state index is 0.189. The monoisotopic (exact) mass is 489 g/mol. The number of carbonyl (C=O) groups is 3. The Bertz CT molecular complexity index is 428. The van der Waals surface area contributed by atoms with Crippen LogP contribution >= 0.6 is 0 Å². The number of nitrogens with one attached hydrogen (secondary N) is 2. The van der Waals surface area contributed by atoms with E-state index in [0.29, 0.717) is 19.5 Å². The Morgan fingerprint density at radius 2 is 0.971 bits per heavy atom. The highest BCUT2D eigenvalue weighted by atomic mass is 16.4. The Labute approximate surface area is 208 Å². The molecule has 1 amide bonds. The number of carbonyl (C=O) groups excluding carboxylic acids is 1. The molecule has 0 spiro atoms. The van der Waals surface area contributed by atoms with Crippen molar-refractivity contribution in [3.05, 3.63) is 0 Å². The van der Waals surface area contributed by atoms with Gasteiger partial charge in [-0.3, -0.25) is 14.4 Å². The summed E-state index contributed by atoms with van der Waals surface area (Å²) in [6.07, 6.45) is 21.1. The van der Waals surface area contributed by atoms with E-state index in [-0.39, 0.29) is 5.91 Å². The third-order valence-electron chi connectivity index (χ3n) is 4.95. The van der Waals surface area contributed by atoms with Crippen molar-refractivity contribution in [2.75, 3.05) is 26.2 Å². The summed E-state index contributed by atoms with van der Waals surface area (Å²) < 4.78 is 0. The highest BCUT2D eigenvalue weighted by Crippen LogP contribution is 2.13. The van der Waals surface area contributed by atoms with Crippen LogP contribution < -0.4 is 16.4 Å². The summed E-state index contributed by atoms with van der Waals surface area (Å²) in [7, 11) is 0. The maximum absolute atomic E-state index is 11.6. The fourth-order valence-electron chi connectivity index (χ4n) is 3.26. The maximum atomic E-state index is 11.6. The summed E-state index contributed by atoms with van der Waals surface area (Å²) in [5.41, 5.74) is 5.39. The molecule has 0 aromatic carbocycles. The Hall–Kier alpha value is -1.67. The molecule has 0 aromatic heterocycles. The average Bonchev–Trinajstić information content (AvgIpc) is 2.75. The molecule has 0 aliphatic carbocycles. The van der Waals surface area contributed by atoms with Crippen LogP contribution in [0, 0.1) is 0 Å². The van der Waals surface area contributed by atoms with Crippen molar-refractivity contribution in [3.8, 4) is 0 Å². The SMILES string of the molecule is CC(=O)O.CC(=O)O.CCCCCCCCCCCCCCCCCC(=O)NCCNCCN. The second kappa shape index (κ2) is 33.5. The summed E-state index contributed by atoms with van der Waals surface area (Å²) in [5, 5.41) is 21.0. The minimum Gasteiger partial charge on any atom is -0.481 e. The van der Waals surface area contributed by atoms with E-state index < -0.39 is 11.9 Å². The first-order chi connectivity index (χ1) is 16.3. The van der Waals surface area contributed by atoms with E-state index in [1.54, 1.807) is 0 Å². The smallest absolute Gasteiger partial charge is 0.300 e. The second-order valence-corrected chi connectivity index (χ2v) is 8.63. The van der Waals surface area contributed by atoms with E-state index in [2.05, 4.69) is 17.6 Å². The molecule has 0 radical (unpaired) electrons. The first kappa shape index (κ1) is 36.9. The molecule has 8 nitrogen and oxygen atoms in total.